The lowest BCUT2D eigenvalue weighted by Crippen LogP contribution is -2.12. The van der Waals surface area contributed by atoms with E-state index in [4.69, 9.17) is 5.11 Å². The second kappa shape index (κ2) is 7.23. The van der Waals surface area contributed by atoms with E-state index in [1.807, 2.05) is 36.5 Å². The maximum absolute atomic E-state index is 11.7. The van der Waals surface area contributed by atoms with Gasteiger partial charge in [0, 0.05) is 30.9 Å². The third kappa shape index (κ3) is 5.10. The number of rotatable bonds is 7. The van der Waals surface area contributed by atoms with E-state index in [1.165, 1.54) is 0 Å². The first-order valence-electron chi connectivity index (χ1n) is 6.71. The fraction of sp³-hybridized carbons (Fsp3) is 0.267. The summed E-state index contributed by atoms with van der Waals surface area (Å²) in [6, 6.07) is 9.37. The molecular formula is C15H17N3O3. The van der Waals surface area contributed by atoms with E-state index in [9.17, 15) is 9.59 Å². The first-order valence-corrected chi connectivity index (χ1v) is 6.71. The van der Waals surface area contributed by atoms with Gasteiger partial charge in [-0.15, -0.1) is 0 Å². The van der Waals surface area contributed by atoms with Crippen molar-refractivity contribution in [2.45, 2.75) is 25.8 Å². The molecule has 1 heterocycles. The Bertz CT molecular complexity index is 608. The van der Waals surface area contributed by atoms with Crippen LogP contribution >= 0.6 is 0 Å². The summed E-state index contributed by atoms with van der Waals surface area (Å²) in [6.07, 6.45) is 4.14. The summed E-state index contributed by atoms with van der Waals surface area (Å²) in [5.74, 6) is -1.06. The van der Waals surface area contributed by atoms with Crippen LogP contribution in [0.4, 0.5) is 5.69 Å². The number of carboxylic acid groups (broad SMARTS) is 1. The summed E-state index contributed by atoms with van der Waals surface area (Å²) in [5, 5.41) is 15.4. The molecule has 1 aromatic carbocycles. The number of carbonyl (C=O) groups is 2. The molecule has 1 amide bonds. The summed E-state index contributed by atoms with van der Waals surface area (Å²) in [5.41, 5.74) is 1.74. The van der Waals surface area contributed by atoms with Crippen molar-refractivity contribution in [1.29, 1.82) is 0 Å². The summed E-state index contributed by atoms with van der Waals surface area (Å²) in [6.45, 7) is 0.635. The molecule has 0 aliphatic carbocycles. The van der Waals surface area contributed by atoms with E-state index in [-0.39, 0.29) is 18.7 Å². The van der Waals surface area contributed by atoms with Crippen LogP contribution < -0.4 is 5.32 Å². The molecule has 0 aliphatic heterocycles. The van der Waals surface area contributed by atoms with E-state index >= 15 is 0 Å². The van der Waals surface area contributed by atoms with Crippen molar-refractivity contribution in [3.05, 3.63) is 48.3 Å². The van der Waals surface area contributed by atoms with Crippen LogP contribution in [0.2, 0.25) is 0 Å². The Morgan fingerprint density at radius 1 is 1.24 bits per heavy atom. The molecule has 2 N–H and O–H groups in total. The molecule has 0 aliphatic rings. The van der Waals surface area contributed by atoms with Gasteiger partial charge in [0.2, 0.25) is 5.91 Å². The highest BCUT2D eigenvalue weighted by Crippen LogP contribution is 2.12. The van der Waals surface area contributed by atoms with Gasteiger partial charge in [-0.25, -0.2) is 0 Å². The zero-order valence-corrected chi connectivity index (χ0v) is 11.5. The highest BCUT2D eigenvalue weighted by atomic mass is 16.4. The normalized spacial score (nSPS) is 10.3. The lowest BCUT2D eigenvalue weighted by molar-refractivity contribution is -0.137. The fourth-order valence-corrected chi connectivity index (χ4v) is 1.95. The smallest absolute Gasteiger partial charge is 0.303 e. The van der Waals surface area contributed by atoms with Crippen LogP contribution in [0.1, 0.15) is 24.8 Å². The van der Waals surface area contributed by atoms with Gasteiger partial charge in [0.15, 0.2) is 0 Å². The molecule has 0 spiro atoms. The first-order chi connectivity index (χ1) is 10.1. The van der Waals surface area contributed by atoms with Gasteiger partial charge in [0.1, 0.15) is 0 Å². The number of benzene rings is 1. The molecular weight excluding hydrogens is 270 g/mol. The van der Waals surface area contributed by atoms with Crippen molar-refractivity contribution in [3.63, 3.8) is 0 Å². The maximum atomic E-state index is 11.7. The van der Waals surface area contributed by atoms with Gasteiger partial charge < -0.3 is 10.4 Å². The number of hydrogen-bond acceptors (Lipinski definition) is 3. The van der Waals surface area contributed by atoms with E-state index < -0.39 is 5.97 Å². The lowest BCUT2D eigenvalue weighted by atomic mass is 10.2. The second-order valence-electron chi connectivity index (χ2n) is 4.70. The largest absolute Gasteiger partial charge is 0.481 e. The van der Waals surface area contributed by atoms with Gasteiger partial charge in [0.25, 0.3) is 0 Å². The molecule has 21 heavy (non-hydrogen) atoms. The Morgan fingerprint density at radius 2 is 2.10 bits per heavy atom. The van der Waals surface area contributed by atoms with Crippen molar-refractivity contribution < 1.29 is 14.7 Å². The molecule has 110 valence electrons. The number of nitrogens with zero attached hydrogens (tertiary/aromatic N) is 2. The lowest BCUT2D eigenvalue weighted by Gasteiger charge is -2.07. The molecule has 6 heteroatoms. The molecule has 0 saturated heterocycles. The van der Waals surface area contributed by atoms with E-state index in [0.717, 1.165) is 5.56 Å². The van der Waals surface area contributed by atoms with Crippen LogP contribution in [-0.2, 0) is 16.1 Å². The highest BCUT2D eigenvalue weighted by molar-refractivity contribution is 5.90. The zero-order chi connectivity index (χ0) is 15.1. The molecule has 1 aromatic heterocycles. The number of nitrogens with one attached hydrogen (secondary N) is 1. The fourth-order valence-electron chi connectivity index (χ4n) is 1.95. The SMILES string of the molecule is O=C(O)CCCC(=O)Nc1cccc(Cn2cccn2)c1. The van der Waals surface area contributed by atoms with Crippen molar-refractivity contribution in [2.75, 3.05) is 5.32 Å². The minimum atomic E-state index is -0.885. The van der Waals surface area contributed by atoms with E-state index in [1.54, 1.807) is 10.9 Å². The zero-order valence-electron chi connectivity index (χ0n) is 11.5. The van der Waals surface area contributed by atoms with E-state index in [0.29, 0.717) is 18.7 Å². The molecule has 2 aromatic rings. The summed E-state index contributed by atoms with van der Waals surface area (Å²) in [7, 11) is 0. The maximum Gasteiger partial charge on any atom is 0.303 e. The number of anilines is 1. The minimum Gasteiger partial charge on any atom is -0.481 e. The standard InChI is InChI=1S/C15H17N3O3/c19-14(6-2-7-15(20)21)17-13-5-1-4-12(10-13)11-18-9-3-8-16-18/h1,3-5,8-10H,2,6-7,11H2,(H,17,19)(H,20,21). The van der Waals surface area contributed by atoms with Crippen molar-refractivity contribution in [1.82, 2.24) is 9.78 Å². The molecule has 6 nitrogen and oxygen atoms in total. The van der Waals surface area contributed by atoms with Gasteiger partial charge in [-0.2, -0.15) is 5.10 Å². The van der Waals surface area contributed by atoms with Gasteiger partial charge in [0.05, 0.1) is 6.54 Å². The predicted molar refractivity (Wildman–Crippen MR) is 77.9 cm³/mol. The second-order valence-corrected chi connectivity index (χ2v) is 4.70. The Morgan fingerprint density at radius 3 is 2.81 bits per heavy atom. The monoisotopic (exact) mass is 287 g/mol. The summed E-state index contributed by atoms with van der Waals surface area (Å²) < 4.78 is 1.80. The van der Waals surface area contributed by atoms with Gasteiger partial charge in [-0.3, -0.25) is 14.3 Å². The number of hydrogen-bond donors (Lipinski definition) is 2. The van der Waals surface area contributed by atoms with Crippen molar-refractivity contribution >= 4 is 17.6 Å². The van der Waals surface area contributed by atoms with E-state index in [2.05, 4.69) is 10.4 Å². The Labute approximate surface area is 122 Å². The number of carbonyl (C=O) groups excluding carboxylic acids is 1. The highest BCUT2D eigenvalue weighted by Gasteiger charge is 2.05. The minimum absolute atomic E-state index is 0.00670. The van der Waals surface area contributed by atoms with Crippen molar-refractivity contribution in [2.24, 2.45) is 0 Å². The Balaban J connectivity index is 1.88. The van der Waals surface area contributed by atoms with Crippen LogP contribution in [-0.4, -0.2) is 26.8 Å². The number of carboxylic acids is 1. The van der Waals surface area contributed by atoms with Crippen LogP contribution in [0, 0.1) is 0 Å². The summed E-state index contributed by atoms with van der Waals surface area (Å²) >= 11 is 0. The predicted octanol–water partition coefficient (Wildman–Crippen LogP) is 2.12. The third-order valence-corrected chi connectivity index (χ3v) is 2.91. The Hall–Kier alpha value is -2.63. The molecule has 0 bridgehead atoms. The number of aromatic nitrogens is 2. The quantitative estimate of drug-likeness (QED) is 0.817. The molecule has 0 radical (unpaired) electrons. The molecule has 0 saturated carbocycles. The molecule has 0 atom stereocenters. The van der Waals surface area contributed by atoms with Gasteiger partial charge in [-0.1, -0.05) is 12.1 Å². The average molecular weight is 287 g/mol. The topological polar surface area (TPSA) is 84.2 Å². The van der Waals surface area contributed by atoms with Crippen LogP contribution in [0.5, 0.6) is 0 Å². The van der Waals surface area contributed by atoms with Crippen molar-refractivity contribution in [3.8, 4) is 0 Å². The Kier molecular flexibility index (Phi) is 5.09. The van der Waals surface area contributed by atoms with Crippen LogP contribution in [0.3, 0.4) is 0 Å². The molecule has 0 fully saturated rings. The van der Waals surface area contributed by atoms with Crippen LogP contribution in [0.15, 0.2) is 42.7 Å². The van der Waals surface area contributed by atoms with Gasteiger partial charge >= 0.3 is 5.97 Å². The van der Waals surface area contributed by atoms with Crippen LogP contribution in [0.25, 0.3) is 0 Å². The average Bonchev–Trinajstić information content (AvgIpc) is 2.91. The third-order valence-electron chi connectivity index (χ3n) is 2.91. The number of aliphatic carboxylic acids is 1. The first kappa shape index (κ1) is 14.8. The summed E-state index contributed by atoms with van der Waals surface area (Å²) in [4.78, 5) is 22.1. The molecule has 0 unspecified atom stereocenters. The number of amides is 1. The molecule has 2 rings (SSSR count). The van der Waals surface area contributed by atoms with Gasteiger partial charge in [-0.05, 0) is 30.2 Å².